The average molecular weight is 186 g/mol. The van der Waals surface area contributed by atoms with Crippen molar-refractivity contribution in [1.29, 1.82) is 0 Å². The number of halogens is 1. The minimum atomic E-state index is -0.237. The van der Waals surface area contributed by atoms with Crippen molar-refractivity contribution in [2.24, 2.45) is 0 Å². The fourth-order valence-electron chi connectivity index (χ4n) is 1.80. The second kappa shape index (κ2) is 2.59. The van der Waals surface area contributed by atoms with Gasteiger partial charge in [-0.25, -0.2) is 9.37 Å². The molecule has 0 spiro atoms. The lowest BCUT2D eigenvalue weighted by Crippen LogP contribution is -2.17. The normalized spacial score (nSPS) is 16.4. The van der Waals surface area contributed by atoms with Crippen molar-refractivity contribution < 1.29 is 4.39 Å². The van der Waals surface area contributed by atoms with Crippen molar-refractivity contribution in [2.45, 2.75) is 18.9 Å². The zero-order chi connectivity index (χ0) is 9.71. The Kier molecular flexibility index (Phi) is 1.49. The molecule has 1 saturated carbocycles. The molecule has 0 N–H and O–H groups in total. The molecular formula is C10H8BFN2. The van der Waals surface area contributed by atoms with Crippen LogP contribution in [0.25, 0.3) is 11.0 Å². The lowest BCUT2D eigenvalue weighted by atomic mass is 10.1. The summed E-state index contributed by atoms with van der Waals surface area (Å²) in [5, 5.41) is 0. The second-order valence-electron chi connectivity index (χ2n) is 3.70. The summed E-state index contributed by atoms with van der Waals surface area (Å²) in [6, 6.07) is 5.00. The summed E-state index contributed by atoms with van der Waals surface area (Å²) >= 11 is 0. The lowest BCUT2D eigenvalue weighted by Gasteiger charge is -2.03. The largest absolute Gasteiger partial charge is 0.334 e. The Bertz CT molecular complexity index is 502. The van der Waals surface area contributed by atoms with E-state index in [1.807, 2.05) is 4.57 Å². The lowest BCUT2D eigenvalue weighted by molar-refractivity contribution is 0.628. The van der Waals surface area contributed by atoms with Crippen LogP contribution in [0.1, 0.15) is 18.9 Å². The zero-order valence-electron chi connectivity index (χ0n) is 7.57. The number of fused-ring (bicyclic) bond motifs is 1. The Labute approximate surface area is 82.2 Å². The topological polar surface area (TPSA) is 17.8 Å². The van der Waals surface area contributed by atoms with Gasteiger partial charge in [-0.1, -0.05) is 0 Å². The Morgan fingerprint density at radius 1 is 1.43 bits per heavy atom. The zero-order valence-corrected chi connectivity index (χ0v) is 7.57. The number of hydrogen-bond acceptors (Lipinski definition) is 1. The van der Waals surface area contributed by atoms with Crippen molar-refractivity contribution in [3.63, 3.8) is 0 Å². The molecule has 2 radical (unpaired) electrons. The number of benzene rings is 1. The maximum Gasteiger partial charge on any atom is 0.167 e. The predicted octanol–water partition coefficient (Wildman–Crippen LogP) is 1.30. The molecule has 3 rings (SSSR count). The first kappa shape index (κ1) is 8.03. The molecule has 1 heterocycles. The van der Waals surface area contributed by atoms with Crippen LogP contribution in [-0.4, -0.2) is 17.4 Å². The van der Waals surface area contributed by atoms with Crippen LogP contribution in [0.4, 0.5) is 4.39 Å². The summed E-state index contributed by atoms with van der Waals surface area (Å²) < 4.78 is 15.0. The van der Waals surface area contributed by atoms with Crippen molar-refractivity contribution >= 4 is 24.6 Å². The third kappa shape index (κ3) is 1.06. The minimum Gasteiger partial charge on any atom is -0.334 e. The number of nitrogens with zero attached hydrogens (tertiary/aromatic N) is 2. The van der Waals surface area contributed by atoms with Gasteiger partial charge >= 0.3 is 0 Å². The predicted molar refractivity (Wildman–Crippen MR) is 53.4 cm³/mol. The van der Waals surface area contributed by atoms with E-state index in [1.165, 1.54) is 12.1 Å². The molecular weight excluding hydrogens is 178 g/mol. The van der Waals surface area contributed by atoms with Crippen molar-refractivity contribution in [1.82, 2.24) is 9.55 Å². The van der Waals surface area contributed by atoms with Gasteiger partial charge in [0, 0.05) is 6.04 Å². The van der Waals surface area contributed by atoms with Crippen molar-refractivity contribution in [3.05, 3.63) is 24.0 Å². The van der Waals surface area contributed by atoms with Crippen LogP contribution in [0.3, 0.4) is 0 Å². The molecule has 14 heavy (non-hydrogen) atoms. The van der Waals surface area contributed by atoms with E-state index in [-0.39, 0.29) is 5.82 Å². The first-order valence-corrected chi connectivity index (χ1v) is 4.68. The Balaban J connectivity index is 2.34. The van der Waals surface area contributed by atoms with E-state index >= 15 is 0 Å². The Morgan fingerprint density at radius 3 is 2.93 bits per heavy atom. The standard InChI is InChI=1S/C10H8BFN2/c11-10-13-8-4-1-6(12)5-9(8)14(10)7-2-3-7/h1,4-5,7H,2-3H2. The maximum absolute atomic E-state index is 13.0. The van der Waals surface area contributed by atoms with Crippen molar-refractivity contribution in [2.75, 3.05) is 0 Å². The smallest absolute Gasteiger partial charge is 0.167 e. The van der Waals surface area contributed by atoms with Crippen molar-refractivity contribution in [3.8, 4) is 0 Å². The van der Waals surface area contributed by atoms with Gasteiger partial charge in [0.15, 0.2) is 7.85 Å². The van der Waals surface area contributed by atoms with Gasteiger partial charge in [0.25, 0.3) is 0 Å². The summed E-state index contributed by atoms with van der Waals surface area (Å²) in [5.74, 6) is -0.237. The third-order valence-corrected chi connectivity index (χ3v) is 2.59. The molecule has 0 atom stereocenters. The molecule has 2 nitrogen and oxygen atoms in total. The Morgan fingerprint density at radius 2 is 2.21 bits per heavy atom. The van der Waals surface area contributed by atoms with Crippen LogP contribution >= 0.6 is 0 Å². The average Bonchev–Trinajstić information content (AvgIpc) is 2.90. The molecule has 0 aliphatic heterocycles. The highest BCUT2D eigenvalue weighted by Crippen LogP contribution is 2.36. The van der Waals surface area contributed by atoms with E-state index in [4.69, 9.17) is 7.85 Å². The second-order valence-corrected chi connectivity index (χ2v) is 3.70. The van der Waals surface area contributed by atoms with Gasteiger partial charge in [-0.2, -0.15) is 0 Å². The fourth-order valence-corrected chi connectivity index (χ4v) is 1.80. The van der Waals surface area contributed by atoms with E-state index in [0.717, 1.165) is 23.9 Å². The molecule has 1 aliphatic rings. The molecule has 2 aromatic rings. The molecule has 1 aromatic carbocycles. The molecule has 0 bridgehead atoms. The Hall–Kier alpha value is -1.32. The van der Waals surface area contributed by atoms with E-state index < -0.39 is 0 Å². The van der Waals surface area contributed by atoms with Gasteiger partial charge in [-0.05, 0) is 31.0 Å². The van der Waals surface area contributed by atoms with Gasteiger partial charge < -0.3 is 4.57 Å². The molecule has 0 amide bonds. The molecule has 1 aromatic heterocycles. The quantitative estimate of drug-likeness (QED) is 0.613. The van der Waals surface area contributed by atoms with Gasteiger partial charge in [-0.3, -0.25) is 0 Å². The van der Waals surface area contributed by atoms with Gasteiger partial charge in [-0.15, -0.1) is 0 Å². The van der Waals surface area contributed by atoms with Crippen LogP contribution in [0.15, 0.2) is 18.2 Å². The molecule has 1 fully saturated rings. The van der Waals surface area contributed by atoms with E-state index in [1.54, 1.807) is 6.07 Å². The number of imidazole rings is 1. The number of rotatable bonds is 1. The van der Waals surface area contributed by atoms with E-state index in [9.17, 15) is 4.39 Å². The first-order chi connectivity index (χ1) is 6.75. The van der Waals surface area contributed by atoms with Crippen LogP contribution in [-0.2, 0) is 0 Å². The van der Waals surface area contributed by atoms with E-state index in [2.05, 4.69) is 4.98 Å². The van der Waals surface area contributed by atoms with Crippen LogP contribution in [0.2, 0.25) is 0 Å². The van der Waals surface area contributed by atoms with Gasteiger partial charge in [0.05, 0.1) is 16.8 Å². The monoisotopic (exact) mass is 186 g/mol. The highest BCUT2D eigenvalue weighted by Gasteiger charge is 2.26. The van der Waals surface area contributed by atoms with Gasteiger partial charge in [0.1, 0.15) is 5.82 Å². The maximum atomic E-state index is 13.0. The fraction of sp³-hybridized carbons (Fsp3) is 0.300. The van der Waals surface area contributed by atoms with E-state index in [0.29, 0.717) is 11.8 Å². The summed E-state index contributed by atoms with van der Waals surface area (Å²) in [4.78, 5) is 4.19. The first-order valence-electron chi connectivity index (χ1n) is 4.68. The summed E-state index contributed by atoms with van der Waals surface area (Å²) in [6.45, 7) is 0. The SMILES string of the molecule is [B]c1nc2ccc(F)cc2n1C1CC1. The molecule has 1 aliphatic carbocycles. The molecule has 0 saturated heterocycles. The van der Waals surface area contributed by atoms with Crippen LogP contribution in [0, 0.1) is 5.82 Å². The summed E-state index contributed by atoms with van der Waals surface area (Å²) in [6.07, 6.45) is 2.23. The summed E-state index contributed by atoms with van der Waals surface area (Å²) in [7, 11) is 5.77. The van der Waals surface area contributed by atoms with Gasteiger partial charge in [0.2, 0.25) is 0 Å². The minimum absolute atomic E-state index is 0.237. The van der Waals surface area contributed by atoms with Crippen LogP contribution in [0.5, 0.6) is 0 Å². The third-order valence-electron chi connectivity index (χ3n) is 2.59. The summed E-state index contributed by atoms with van der Waals surface area (Å²) in [5.41, 5.74) is 2.08. The number of hydrogen-bond donors (Lipinski definition) is 0. The molecule has 4 heteroatoms. The highest BCUT2D eigenvalue weighted by molar-refractivity contribution is 6.30. The highest BCUT2D eigenvalue weighted by atomic mass is 19.1. The van der Waals surface area contributed by atoms with Crippen LogP contribution < -0.4 is 5.72 Å². The number of aromatic nitrogens is 2. The molecule has 0 unspecified atom stereocenters. The molecule has 68 valence electrons.